The Kier molecular flexibility index (Phi) is 4.81. The summed E-state index contributed by atoms with van der Waals surface area (Å²) < 4.78 is 13.6. The summed E-state index contributed by atoms with van der Waals surface area (Å²) in [5, 5.41) is 14.5. The molecule has 0 bridgehead atoms. The summed E-state index contributed by atoms with van der Waals surface area (Å²) in [5.74, 6) is -0.975. The molecular formula is C19H19FN2O3. The average molecular weight is 342 g/mol. The first-order valence-corrected chi connectivity index (χ1v) is 8.09. The first kappa shape index (κ1) is 17.1. The Hall–Kier alpha value is -2.73. The maximum Gasteiger partial charge on any atom is 0.257 e. The number of hydrogen-bond donors (Lipinski definition) is 3. The number of carbonyl (C=O) groups is 2. The van der Waals surface area contributed by atoms with Gasteiger partial charge >= 0.3 is 0 Å². The summed E-state index contributed by atoms with van der Waals surface area (Å²) in [7, 11) is 0. The van der Waals surface area contributed by atoms with Crippen LogP contribution < -0.4 is 10.6 Å². The molecular weight excluding hydrogens is 323 g/mol. The molecule has 1 aliphatic carbocycles. The molecule has 0 spiro atoms. The quantitative estimate of drug-likeness (QED) is 0.781. The molecule has 25 heavy (non-hydrogen) atoms. The van der Waals surface area contributed by atoms with Crippen molar-refractivity contribution >= 4 is 23.2 Å². The lowest BCUT2D eigenvalue weighted by atomic mass is 10.1. The predicted octanol–water partition coefficient (Wildman–Crippen LogP) is 3.16. The van der Waals surface area contributed by atoms with Crippen molar-refractivity contribution in [1.29, 1.82) is 0 Å². The standard InChI is InChI=1S/C19H19FN2O3/c1-11-7-15(11)18(24)22-17-6-5-13(20)9-16(17)19(25)21-14-4-2-3-12(8-14)10-23/h2-6,8-9,11,15,23H,7,10H2,1H3,(H,21,25)(H,22,24). The van der Waals surface area contributed by atoms with Crippen molar-refractivity contribution in [3.05, 3.63) is 59.4 Å². The number of benzene rings is 2. The van der Waals surface area contributed by atoms with Crippen molar-refractivity contribution in [2.75, 3.05) is 10.6 Å². The highest BCUT2D eigenvalue weighted by Gasteiger charge is 2.39. The molecule has 3 rings (SSSR count). The fourth-order valence-electron chi connectivity index (χ4n) is 2.67. The molecule has 0 aliphatic heterocycles. The van der Waals surface area contributed by atoms with Crippen molar-refractivity contribution < 1.29 is 19.1 Å². The van der Waals surface area contributed by atoms with Crippen LogP contribution in [0.3, 0.4) is 0 Å². The Balaban J connectivity index is 1.80. The molecule has 2 aromatic rings. The van der Waals surface area contributed by atoms with Crippen LogP contribution in [0, 0.1) is 17.7 Å². The van der Waals surface area contributed by atoms with Gasteiger partial charge in [-0.25, -0.2) is 4.39 Å². The SMILES string of the molecule is CC1CC1C(=O)Nc1ccc(F)cc1C(=O)Nc1cccc(CO)c1. The lowest BCUT2D eigenvalue weighted by Crippen LogP contribution is -2.20. The smallest absolute Gasteiger partial charge is 0.257 e. The Morgan fingerprint density at radius 2 is 1.96 bits per heavy atom. The summed E-state index contributed by atoms with van der Waals surface area (Å²) >= 11 is 0. The van der Waals surface area contributed by atoms with Gasteiger partial charge in [0.25, 0.3) is 5.91 Å². The molecule has 6 heteroatoms. The van der Waals surface area contributed by atoms with E-state index in [1.54, 1.807) is 24.3 Å². The van der Waals surface area contributed by atoms with Gasteiger partial charge in [-0.2, -0.15) is 0 Å². The molecule has 1 fully saturated rings. The third kappa shape index (κ3) is 4.03. The number of nitrogens with one attached hydrogen (secondary N) is 2. The highest BCUT2D eigenvalue weighted by Crippen LogP contribution is 2.38. The molecule has 0 aromatic heterocycles. The van der Waals surface area contributed by atoms with Crippen molar-refractivity contribution in [3.63, 3.8) is 0 Å². The second-order valence-corrected chi connectivity index (χ2v) is 6.31. The average Bonchev–Trinajstić information content (AvgIpc) is 3.33. The Labute approximate surface area is 144 Å². The molecule has 3 N–H and O–H groups in total. The number of aliphatic hydroxyl groups is 1. The van der Waals surface area contributed by atoms with Gasteiger partial charge in [-0.15, -0.1) is 0 Å². The Morgan fingerprint density at radius 1 is 1.20 bits per heavy atom. The molecule has 0 radical (unpaired) electrons. The number of rotatable bonds is 5. The minimum atomic E-state index is -0.563. The molecule has 1 saturated carbocycles. The van der Waals surface area contributed by atoms with E-state index >= 15 is 0 Å². The molecule has 2 aromatic carbocycles. The lowest BCUT2D eigenvalue weighted by molar-refractivity contribution is -0.117. The first-order valence-electron chi connectivity index (χ1n) is 8.09. The molecule has 1 aliphatic rings. The number of anilines is 2. The van der Waals surface area contributed by atoms with E-state index in [-0.39, 0.29) is 29.7 Å². The van der Waals surface area contributed by atoms with Crippen LogP contribution in [0.4, 0.5) is 15.8 Å². The van der Waals surface area contributed by atoms with Crippen molar-refractivity contribution in [1.82, 2.24) is 0 Å². The zero-order valence-electron chi connectivity index (χ0n) is 13.8. The molecule has 2 atom stereocenters. The molecule has 2 unspecified atom stereocenters. The summed E-state index contributed by atoms with van der Waals surface area (Å²) in [4.78, 5) is 24.6. The van der Waals surface area contributed by atoms with Gasteiger partial charge in [-0.05, 0) is 48.2 Å². The lowest BCUT2D eigenvalue weighted by Gasteiger charge is -2.12. The number of halogens is 1. The Morgan fingerprint density at radius 3 is 2.64 bits per heavy atom. The van der Waals surface area contributed by atoms with E-state index in [1.807, 2.05) is 6.92 Å². The monoisotopic (exact) mass is 342 g/mol. The highest BCUT2D eigenvalue weighted by atomic mass is 19.1. The van der Waals surface area contributed by atoms with Crippen molar-refractivity contribution in [3.8, 4) is 0 Å². The number of amides is 2. The van der Waals surface area contributed by atoms with Crippen molar-refractivity contribution in [2.24, 2.45) is 11.8 Å². The van der Waals surface area contributed by atoms with Gasteiger partial charge in [0.2, 0.25) is 5.91 Å². The number of hydrogen-bond acceptors (Lipinski definition) is 3. The van der Waals surface area contributed by atoms with Gasteiger partial charge in [-0.3, -0.25) is 9.59 Å². The largest absolute Gasteiger partial charge is 0.392 e. The van der Waals surface area contributed by atoms with E-state index in [4.69, 9.17) is 5.11 Å². The third-order valence-corrected chi connectivity index (χ3v) is 4.30. The summed E-state index contributed by atoms with van der Waals surface area (Å²) in [6.07, 6.45) is 0.822. The first-order chi connectivity index (χ1) is 12.0. The van der Waals surface area contributed by atoms with Gasteiger partial charge in [0, 0.05) is 11.6 Å². The van der Waals surface area contributed by atoms with Crippen LogP contribution in [0.15, 0.2) is 42.5 Å². The van der Waals surface area contributed by atoms with Crippen molar-refractivity contribution in [2.45, 2.75) is 20.0 Å². The van der Waals surface area contributed by atoms with Crippen LogP contribution in [0.25, 0.3) is 0 Å². The minimum absolute atomic E-state index is 0.0519. The zero-order chi connectivity index (χ0) is 18.0. The van der Waals surface area contributed by atoms with Crippen LogP contribution in [0.1, 0.15) is 29.3 Å². The predicted molar refractivity (Wildman–Crippen MR) is 92.6 cm³/mol. The molecule has 2 amide bonds. The van der Waals surface area contributed by atoms with E-state index < -0.39 is 11.7 Å². The van der Waals surface area contributed by atoms with Gasteiger partial charge in [0.1, 0.15) is 5.82 Å². The molecule has 5 nitrogen and oxygen atoms in total. The van der Waals surface area contributed by atoms with E-state index in [1.165, 1.54) is 12.1 Å². The molecule has 0 heterocycles. The van der Waals surface area contributed by atoms with Crippen LogP contribution >= 0.6 is 0 Å². The van der Waals surface area contributed by atoms with Crippen LogP contribution in [-0.4, -0.2) is 16.9 Å². The number of carbonyl (C=O) groups excluding carboxylic acids is 2. The van der Waals surface area contributed by atoms with Gasteiger partial charge in [-0.1, -0.05) is 19.1 Å². The fraction of sp³-hybridized carbons (Fsp3) is 0.263. The summed E-state index contributed by atoms with van der Waals surface area (Å²) in [6.45, 7) is 1.83. The van der Waals surface area contributed by atoms with E-state index in [9.17, 15) is 14.0 Å². The fourth-order valence-corrected chi connectivity index (χ4v) is 2.67. The van der Waals surface area contributed by atoms with E-state index in [2.05, 4.69) is 10.6 Å². The second kappa shape index (κ2) is 7.03. The minimum Gasteiger partial charge on any atom is -0.392 e. The van der Waals surface area contributed by atoms with E-state index in [0.717, 1.165) is 12.5 Å². The van der Waals surface area contributed by atoms with Gasteiger partial charge in [0.15, 0.2) is 0 Å². The maximum atomic E-state index is 13.6. The summed E-state index contributed by atoms with van der Waals surface area (Å²) in [5.41, 5.74) is 1.46. The third-order valence-electron chi connectivity index (χ3n) is 4.30. The second-order valence-electron chi connectivity index (χ2n) is 6.31. The van der Waals surface area contributed by atoms with Gasteiger partial charge < -0.3 is 15.7 Å². The zero-order valence-corrected chi connectivity index (χ0v) is 13.8. The number of aliphatic hydroxyl groups excluding tert-OH is 1. The Bertz CT molecular complexity index is 822. The highest BCUT2D eigenvalue weighted by molar-refractivity contribution is 6.10. The molecule has 130 valence electrons. The van der Waals surface area contributed by atoms with Crippen LogP contribution in [0.5, 0.6) is 0 Å². The van der Waals surface area contributed by atoms with Crippen LogP contribution in [-0.2, 0) is 11.4 Å². The topological polar surface area (TPSA) is 78.4 Å². The normalized spacial score (nSPS) is 18.5. The van der Waals surface area contributed by atoms with Crippen LogP contribution in [0.2, 0.25) is 0 Å². The molecule has 0 saturated heterocycles. The summed E-state index contributed by atoms with van der Waals surface area (Å²) in [6, 6.07) is 10.4. The van der Waals surface area contributed by atoms with Gasteiger partial charge in [0.05, 0.1) is 17.9 Å². The maximum absolute atomic E-state index is 13.6. The van der Waals surface area contributed by atoms with E-state index in [0.29, 0.717) is 17.2 Å².